The number of nitrogen functional groups attached to an aromatic ring is 1. The van der Waals surface area contributed by atoms with E-state index >= 15 is 0 Å². The van der Waals surface area contributed by atoms with Crippen molar-refractivity contribution in [2.75, 3.05) is 17.6 Å². The second kappa shape index (κ2) is 4.27. The zero-order valence-electron chi connectivity index (χ0n) is 8.79. The van der Waals surface area contributed by atoms with Crippen molar-refractivity contribution in [1.29, 1.82) is 0 Å². The fraction of sp³-hybridized carbons (Fsp3) is 0.375. The first-order chi connectivity index (χ1) is 8.40. The van der Waals surface area contributed by atoms with Crippen LogP contribution >= 0.6 is 0 Å². The van der Waals surface area contributed by atoms with E-state index in [0.29, 0.717) is 0 Å². The molecule has 2 heterocycles. The Balaban J connectivity index is 2.24. The summed E-state index contributed by atoms with van der Waals surface area (Å²) in [6.07, 6.45) is -2.48. The minimum absolute atomic E-state index is 0.0772. The van der Waals surface area contributed by atoms with Gasteiger partial charge in [0, 0.05) is 0 Å². The minimum atomic E-state index is -4.16. The first-order valence-corrected chi connectivity index (χ1v) is 4.76. The third-order valence-electron chi connectivity index (χ3n) is 2.14. The van der Waals surface area contributed by atoms with Crippen molar-refractivity contribution in [3.05, 3.63) is 6.20 Å². The number of aromatic nitrogens is 4. The van der Waals surface area contributed by atoms with Gasteiger partial charge in [-0.3, -0.25) is 5.10 Å². The first kappa shape index (κ1) is 12.3. The highest BCUT2D eigenvalue weighted by Crippen LogP contribution is 2.25. The molecule has 0 saturated heterocycles. The molecule has 0 fully saturated rings. The highest BCUT2D eigenvalue weighted by atomic mass is 19.3. The van der Waals surface area contributed by atoms with Gasteiger partial charge >= 0.3 is 12.3 Å². The average molecular weight is 264 g/mol. The fourth-order valence-corrected chi connectivity index (χ4v) is 1.27. The van der Waals surface area contributed by atoms with Crippen LogP contribution in [0.1, 0.15) is 0 Å². The molecule has 6 nitrogen and oxygen atoms in total. The van der Waals surface area contributed by atoms with Crippen LogP contribution in [0, 0.1) is 0 Å². The second-order valence-electron chi connectivity index (χ2n) is 3.48. The number of alkyl halides is 4. The van der Waals surface area contributed by atoms with Crippen molar-refractivity contribution >= 4 is 22.8 Å². The van der Waals surface area contributed by atoms with E-state index in [4.69, 9.17) is 5.73 Å². The van der Waals surface area contributed by atoms with Crippen molar-refractivity contribution in [1.82, 2.24) is 20.2 Å². The van der Waals surface area contributed by atoms with Crippen molar-refractivity contribution in [2.24, 2.45) is 0 Å². The molecular formula is C8H8F4N6. The van der Waals surface area contributed by atoms with Crippen molar-refractivity contribution in [2.45, 2.75) is 12.3 Å². The Hall–Kier alpha value is -2.13. The van der Waals surface area contributed by atoms with Gasteiger partial charge in [0.2, 0.25) is 5.95 Å². The van der Waals surface area contributed by atoms with Crippen LogP contribution in [0.2, 0.25) is 0 Å². The quantitative estimate of drug-likeness (QED) is 0.723. The molecule has 0 amide bonds. The lowest BCUT2D eigenvalue weighted by Gasteiger charge is -2.16. The molecule has 0 aliphatic rings. The minimum Gasteiger partial charge on any atom is -0.368 e. The number of nitrogens with one attached hydrogen (secondary N) is 2. The molecule has 2 aromatic rings. The lowest BCUT2D eigenvalue weighted by molar-refractivity contribution is -0.117. The van der Waals surface area contributed by atoms with E-state index in [0.717, 1.165) is 0 Å². The summed E-state index contributed by atoms with van der Waals surface area (Å²) in [5, 5.41) is 8.49. The fourth-order valence-electron chi connectivity index (χ4n) is 1.27. The maximum atomic E-state index is 12.7. The van der Waals surface area contributed by atoms with Gasteiger partial charge in [0.05, 0.1) is 18.1 Å². The van der Waals surface area contributed by atoms with Crippen LogP contribution in [0.25, 0.3) is 11.0 Å². The van der Waals surface area contributed by atoms with E-state index in [2.05, 4.69) is 25.5 Å². The summed E-state index contributed by atoms with van der Waals surface area (Å²) in [5.74, 6) is -4.42. The maximum absolute atomic E-state index is 12.7. The Labute approximate surface area is 97.6 Å². The zero-order chi connectivity index (χ0) is 13.3. The van der Waals surface area contributed by atoms with Crippen LogP contribution in [-0.4, -0.2) is 39.1 Å². The van der Waals surface area contributed by atoms with Gasteiger partial charge in [-0.15, -0.1) is 0 Å². The van der Waals surface area contributed by atoms with Gasteiger partial charge in [0.15, 0.2) is 5.65 Å². The van der Waals surface area contributed by atoms with Crippen molar-refractivity contribution < 1.29 is 17.6 Å². The summed E-state index contributed by atoms with van der Waals surface area (Å²) < 4.78 is 49.5. The van der Waals surface area contributed by atoms with E-state index in [1.165, 1.54) is 6.20 Å². The molecule has 0 aromatic carbocycles. The molecule has 0 aliphatic heterocycles. The van der Waals surface area contributed by atoms with E-state index in [1.807, 2.05) is 0 Å². The number of aromatic amines is 1. The summed E-state index contributed by atoms with van der Waals surface area (Å²) in [6.45, 7) is -1.26. The van der Waals surface area contributed by atoms with Crippen LogP contribution in [0.5, 0.6) is 0 Å². The first-order valence-electron chi connectivity index (χ1n) is 4.76. The molecule has 0 spiro atoms. The van der Waals surface area contributed by atoms with Gasteiger partial charge in [-0.05, 0) is 0 Å². The second-order valence-corrected chi connectivity index (χ2v) is 3.48. The third kappa shape index (κ3) is 2.26. The molecule has 0 atom stereocenters. The van der Waals surface area contributed by atoms with E-state index < -0.39 is 18.9 Å². The Morgan fingerprint density at radius 1 is 1.39 bits per heavy atom. The number of fused-ring (bicyclic) bond motifs is 1. The Morgan fingerprint density at radius 3 is 2.78 bits per heavy atom. The summed E-state index contributed by atoms with van der Waals surface area (Å²) in [5.41, 5.74) is 5.56. The molecule has 0 unspecified atom stereocenters. The average Bonchev–Trinajstić information content (AvgIpc) is 2.73. The molecule has 18 heavy (non-hydrogen) atoms. The van der Waals surface area contributed by atoms with E-state index in [1.54, 1.807) is 0 Å². The molecule has 98 valence electrons. The van der Waals surface area contributed by atoms with Crippen LogP contribution in [0.4, 0.5) is 29.3 Å². The van der Waals surface area contributed by atoms with Gasteiger partial charge < -0.3 is 11.1 Å². The van der Waals surface area contributed by atoms with Crippen LogP contribution in [-0.2, 0) is 0 Å². The molecule has 0 saturated carbocycles. The van der Waals surface area contributed by atoms with Gasteiger partial charge in [-0.25, -0.2) is 8.78 Å². The SMILES string of the molecule is Nc1nc(NCC(F)(F)C(F)F)c2cn[nH]c2n1. The highest BCUT2D eigenvalue weighted by molar-refractivity contribution is 5.86. The molecule has 4 N–H and O–H groups in total. The molecule has 0 radical (unpaired) electrons. The number of halogens is 4. The van der Waals surface area contributed by atoms with E-state index in [-0.39, 0.29) is 22.8 Å². The monoisotopic (exact) mass is 264 g/mol. The summed E-state index contributed by atoms with van der Waals surface area (Å²) >= 11 is 0. The smallest absolute Gasteiger partial charge is 0.324 e. The standard InChI is InChI=1S/C8H8F4N6/c9-6(10)8(11,12)2-14-4-3-1-15-18-5(3)17-7(13)16-4/h1,6H,2H2,(H4,13,14,15,16,17,18). The molecular weight excluding hydrogens is 256 g/mol. The van der Waals surface area contributed by atoms with Crippen LogP contribution < -0.4 is 11.1 Å². The van der Waals surface area contributed by atoms with Crippen molar-refractivity contribution in [3.63, 3.8) is 0 Å². The summed E-state index contributed by atoms with van der Waals surface area (Å²) in [6, 6.07) is 0. The number of hydrogen-bond acceptors (Lipinski definition) is 5. The molecule has 2 aromatic heterocycles. The predicted octanol–water partition coefficient (Wildman–Crippen LogP) is 1.25. The topological polar surface area (TPSA) is 92.5 Å². The van der Waals surface area contributed by atoms with Crippen molar-refractivity contribution in [3.8, 4) is 0 Å². The largest absolute Gasteiger partial charge is 0.368 e. The van der Waals surface area contributed by atoms with E-state index in [9.17, 15) is 17.6 Å². The number of H-pyrrole nitrogens is 1. The predicted molar refractivity (Wildman–Crippen MR) is 55.5 cm³/mol. The van der Waals surface area contributed by atoms with Gasteiger partial charge in [0.25, 0.3) is 0 Å². The Bertz CT molecular complexity index is 554. The molecule has 10 heteroatoms. The summed E-state index contributed by atoms with van der Waals surface area (Å²) in [4.78, 5) is 7.40. The number of hydrogen-bond donors (Lipinski definition) is 3. The van der Waals surface area contributed by atoms with Crippen LogP contribution in [0.3, 0.4) is 0 Å². The Kier molecular flexibility index (Phi) is 2.93. The van der Waals surface area contributed by atoms with Crippen LogP contribution in [0.15, 0.2) is 6.20 Å². The normalized spacial score (nSPS) is 12.3. The molecule has 0 bridgehead atoms. The highest BCUT2D eigenvalue weighted by Gasteiger charge is 2.40. The molecule has 0 aliphatic carbocycles. The maximum Gasteiger partial charge on any atom is 0.324 e. The number of rotatable bonds is 4. The molecule has 2 rings (SSSR count). The third-order valence-corrected chi connectivity index (χ3v) is 2.14. The van der Waals surface area contributed by atoms with Gasteiger partial charge in [-0.2, -0.15) is 23.8 Å². The lowest BCUT2D eigenvalue weighted by atomic mass is 10.3. The number of nitrogens with two attached hydrogens (primary N) is 1. The van der Waals surface area contributed by atoms with Gasteiger partial charge in [-0.1, -0.05) is 0 Å². The number of anilines is 2. The zero-order valence-corrected chi connectivity index (χ0v) is 8.79. The number of nitrogens with zero attached hydrogens (tertiary/aromatic N) is 3. The van der Waals surface area contributed by atoms with Gasteiger partial charge in [0.1, 0.15) is 5.82 Å². The Morgan fingerprint density at radius 2 is 2.11 bits per heavy atom. The summed E-state index contributed by atoms with van der Waals surface area (Å²) in [7, 11) is 0. The lowest BCUT2D eigenvalue weighted by Crippen LogP contribution is -2.35.